The molecule has 17 heavy (non-hydrogen) atoms. The second-order valence-corrected chi connectivity index (χ2v) is 5.44. The second-order valence-electron chi connectivity index (χ2n) is 4.93. The van der Waals surface area contributed by atoms with E-state index in [1.807, 2.05) is 24.3 Å². The molecule has 2 unspecified atom stereocenters. The lowest BCUT2D eigenvalue weighted by Gasteiger charge is -2.15. The standard InChI is InChI=1S/C14H19NOS/c1-10-3-2-4-12(10)9-15-14(16)11-5-7-13(17)8-6-11/h5-8,10,12,17H,2-4,9H2,1H3,(H,15,16). The summed E-state index contributed by atoms with van der Waals surface area (Å²) in [5.41, 5.74) is 0.716. The molecule has 0 bridgehead atoms. The van der Waals surface area contributed by atoms with E-state index in [1.54, 1.807) is 0 Å². The molecule has 1 N–H and O–H groups in total. The first-order chi connectivity index (χ1) is 8.16. The molecule has 0 spiro atoms. The fourth-order valence-electron chi connectivity index (χ4n) is 2.46. The highest BCUT2D eigenvalue weighted by atomic mass is 32.1. The Morgan fingerprint density at radius 2 is 2.06 bits per heavy atom. The van der Waals surface area contributed by atoms with Gasteiger partial charge in [-0.1, -0.05) is 19.8 Å². The Hall–Kier alpha value is -0.960. The van der Waals surface area contributed by atoms with E-state index in [0.717, 1.165) is 17.4 Å². The number of carbonyl (C=O) groups is 1. The third-order valence-corrected chi connectivity index (χ3v) is 3.99. The van der Waals surface area contributed by atoms with Crippen LogP contribution in [0.5, 0.6) is 0 Å². The van der Waals surface area contributed by atoms with Crippen LogP contribution in [0.4, 0.5) is 0 Å². The van der Waals surface area contributed by atoms with Gasteiger partial charge in [0.25, 0.3) is 5.91 Å². The van der Waals surface area contributed by atoms with Crippen LogP contribution in [0, 0.1) is 11.8 Å². The van der Waals surface area contributed by atoms with Gasteiger partial charge in [0.05, 0.1) is 0 Å². The highest BCUT2D eigenvalue weighted by Gasteiger charge is 2.23. The number of hydrogen-bond donors (Lipinski definition) is 2. The summed E-state index contributed by atoms with van der Waals surface area (Å²) in [5.74, 6) is 1.43. The molecule has 1 aliphatic rings. The molecule has 1 aromatic rings. The minimum absolute atomic E-state index is 0.0254. The Morgan fingerprint density at radius 1 is 1.35 bits per heavy atom. The topological polar surface area (TPSA) is 29.1 Å². The molecule has 0 saturated heterocycles. The summed E-state index contributed by atoms with van der Waals surface area (Å²) in [7, 11) is 0. The highest BCUT2D eigenvalue weighted by molar-refractivity contribution is 7.80. The smallest absolute Gasteiger partial charge is 0.251 e. The molecule has 1 amide bonds. The van der Waals surface area contributed by atoms with E-state index >= 15 is 0 Å². The number of rotatable bonds is 3. The van der Waals surface area contributed by atoms with E-state index in [4.69, 9.17) is 0 Å². The SMILES string of the molecule is CC1CCCC1CNC(=O)c1ccc(S)cc1. The maximum absolute atomic E-state index is 11.9. The number of hydrogen-bond acceptors (Lipinski definition) is 2. The zero-order chi connectivity index (χ0) is 12.3. The van der Waals surface area contributed by atoms with Crippen molar-refractivity contribution in [2.75, 3.05) is 6.54 Å². The van der Waals surface area contributed by atoms with E-state index < -0.39 is 0 Å². The highest BCUT2D eigenvalue weighted by Crippen LogP contribution is 2.30. The van der Waals surface area contributed by atoms with Gasteiger partial charge in [0.15, 0.2) is 0 Å². The third kappa shape index (κ3) is 3.25. The lowest BCUT2D eigenvalue weighted by atomic mass is 9.98. The first kappa shape index (κ1) is 12.5. The van der Waals surface area contributed by atoms with Crippen LogP contribution in [0.2, 0.25) is 0 Å². The summed E-state index contributed by atoms with van der Waals surface area (Å²) in [6, 6.07) is 7.32. The number of nitrogens with one attached hydrogen (secondary N) is 1. The summed E-state index contributed by atoms with van der Waals surface area (Å²) >= 11 is 4.20. The van der Waals surface area contributed by atoms with Gasteiger partial charge in [-0.15, -0.1) is 12.6 Å². The van der Waals surface area contributed by atoms with Gasteiger partial charge >= 0.3 is 0 Å². The van der Waals surface area contributed by atoms with Crippen molar-refractivity contribution >= 4 is 18.5 Å². The Bertz CT molecular complexity index is 388. The zero-order valence-corrected chi connectivity index (χ0v) is 11.0. The quantitative estimate of drug-likeness (QED) is 0.792. The van der Waals surface area contributed by atoms with Crippen molar-refractivity contribution in [2.24, 2.45) is 11.8 Å². The lowest BCUT2D eigenvalue weighted by Crippen LogP contribution is -2.30. The molecule has 2 atom stereocenters. The average Bonchev–Trinajstić information content (AvgIpc) is 2.73. The minimum Gasteiger partial charge on any atom is -0.352 e. The van der Waals surface area contributed by atoms with Gasteiger partial charge in [-0.25, -0.2) is 0 Å². The number of benzene rings is 1. The van der Waals surface area contributed by atoms with Gasteiger partial charge in [0.2, 0.25) is 0 Å². The number of thiol groups is 1. The first-order valence-electron chi connectivity index (χ1n) is 6.24. The molecule has 1 aromatic carbocycles. The largest absolute Gasteiger partial charge is 0.352 e. The summed E-state index contributed by atoms with van der Waals surface area (Å²) < 4.78 is 0. The van der Waals surface area contributed by atoms with Crippen molar-refractivity contribution in [1.82, 2.24) is 5.32 Å². The fraction of sp³-hybridized carbons (Fsp3) is 0.500. The normalized spacial score (nSPS) is 23.6. The van der Waals surface area contributed by atoms with Crippen molar-refractivity contribution < 1.29 is 4.79 Å². The maximum Gasteiger partial charge on any atom is 0.251 e. The summed E-state index contributed by atoms with van der Waals surface area (Å²) in [4.78, 5) is 12.8. The van der Waals surface area contributed by atoms with E-state index in [2.05, 4.69) is 24.9 Å². The van der Waals surface area contributed by atoms with Gasteiger partial charge in [-0.2, -0.15) is 0 Å². The molecule has 0 heterocycles. The summed E-state index contributed by atoms with van der Waals surface area (Å²) in [5, 5.41) is 3.03. The molecule has 2 rings (SSSR count). The predicted octanol–water partition coefficient (Wildman–Crippen LogP) is 3.14. The van der Waals surface area contributed by atoms with Crippen LogP contribution in [0.15, 0.2) is 29.2 Å². The fourth-order valence-corrected chi connectivity index (χ4v) is 2.61. The van der Waals surface area contributed by atoms with Gasteiger partial charge < -0.3 is 5.32 Å². The van der Waals surface area contributed by atoms with Crippen LogP contribution in [0.3, 0.4) is 0 Å². The summed E-state index contributed by atoms with van der Waals surface area (Å²) in [6.45, 7) is 3.09. The molecule has 0 aliphatic heterocycles. The Kier molecular flexibility index (Phi) is 4.11. The summed E-state index contributed by atoms with van der Waals surface area (Å²) in [6.07, 6.45) is 3.85. The van der Waals surface area contributed by atoms with E-state index in [1.165, 1.54) is 19.3 Å². The number of amides is 1. The molecule has 1 aliphatic carbocycles. The predicted molar refractivity (Wildman–Crippen MR) is 72.5 cm³/mol. The Morgan fingerprint density at radius 3 is 2.65 bits per heavy atom. The molecule has 3 heteroatoms. The van der Waals surface area contributed by atoms with Crippen LogP contribution in [-0.2, 0) is 0 Å². The van der Waals surface area contributed by atoms with Gasteiger partial charge in [-0.3, -0.25) is 4.79 Å². The maximum atomic E-state index is 11.9. The second kappa shape index (κ2) is 5.58. The molecule has 1 saturated carbocycles. The average molecular weight is 249 g/mol. The molecular weight excluding hydrogens is 230 g/mol. The van der Waals surface area contributed by atoms with Gasteiger partial charge in [-0.05, 0) is 42.5 Å². The first-order valence-corrected chi connectivity index (χ1v) is 6.69. The molecule has 0 radical (unpaired) electrons. The molecule has 0 aromatic heterocycles. The number of carbonyl (C=O) groups excluding carboxylic acids is 1. The van der Waals surface area contributed by atoms with E-state index in [9.17, 15) is 4.79 Å². The van der Waals surface area contributed by atoms with Crippen molar-refractivity contribution in [3.05, 3.63) is 29.8 Å². The zero-order valence-electron chi connectivity index (χ0n) is 10.1. The third-order valence-electron chi connectivity index (χ3n) is 3.69. The van der Waals surface area contributed by atoms with E-state index in [-0.39, 0.29) is 5.91 Å². The van der Waals surface area contributed by atoms with Crippen molar-refractivity contribution in [1.29, 1.82) is 0 Å². The van der Waals surface area contributed by atoms with Gasteiger partial charge in [0, 0.05) is 17.0 Å². The van der Waals surface area contributed by atoms with Crippen LogP contribution in [0.1, 0.15) is 36.5 Å². The van der Waals surface area contributed by atoms with Crippen LogP contribution >= 0.6 is 12.6 Å². The molecule has 2 nitrogen and oxygen atoms in total. The lowest BCUT2D eigenvalue weighted by molar-refractivity contribution is 0.0944. The monoisotopic (exact) mass is 249 g/mol. The van der Waals surface area contributed by atoms with Crippen LogP contribution in [-0.4, -0.2) is 12.5 Å². The van der Waals surface area contributed by atoms with Crippen LogP contribution in [0.25, 0.3) is 0 Å². The van der Waals surface area contributed by atoms with Crippen molar-refractivity contribution in [3.8, 4) is 0 Å². The Balaban J connectivity index is 1.87. The molecule has 92 valence electrons. The molecule has 1 fully saturated rings. The van der Waals surface area contributed by atoms with Gasteiger partial charge in [0.1, 0.15) is 0 Å². The Labute approximate surface area is 108 Å². The minimum atomic E-state index is 0.0254. The van der Waals surface area contributed by atoms with Crippen molar-refractivity contribution in [3.63, 3.8) is 0 Å². The van der Waals surface area contributed by atoms with Crippen LogP contribution < -0.4 is 5.32 Å². The van der Waals surface area contributed by atoms with Crippen molar-refractivity contribution in [2.45, 2.75) is 31.1 Å². The molecular formula is C14H19NOS. The van der Waals surface area contributed by atoms with E-state index in [0.29, 0.717) is 11.5 Å².